The normalized spacial score (nSPS) is 24.3. The zero-order valence-electron chi connectivity index (χ0n) is 20.8. The maximum atomic E-state index is 14.0. The predicted octanol–water partition coefficient (Wildman–Crippen LogP) is 3.86. The van der Waals surface area contributed by atoms with E-state index in [0.29, 0.717) is 22.5 Å². The third-order valence-electron chi connectivity index (χ3n) is 7.74. The molecule has 4 atom stereocenters. The molecule has 4 unspecified atom stereocenters. The lowest BCUT2D eigenvalue weighted by Crippen LogP contribution is -2.57. The van der Waals surface area contributed by atoms with Gasteiger partial charge in [0.1, 0.15) is 22.6 Å². The van der Waals surface area contributed by atoms with Crippen LogP contribution in [0.4, 0.5) is 5.69 Å². The standard InChI is InChI=1S/C30H24N2O7/c1-16(33)18-8-10-20(11-9-18)32-27(35)24-25(28(32)36)30(29(37)38,15-17-6-12-21(34)13-7-17)31-26(24)23-14-19-4-2-3-5-22(19)39-23/h2-14,24-26,31,34H,15H2,1H3,(H,37,38). The van der Waals surface area contributed by atoms with Crippen molar-refractivity contribution in [1.82, 2.24) is 5.32 Å². The molecule has 0 spiro atoms. The highest BCUT2D eigenvalue weighted by Gasteiger charge is 2.69. The Morgan fingerprint density at radius 2 is 1.67 bits per heavy atom. The van der Waals surface area contributed by atoms with Gasteiger partial charge in [0.25, 0.3) is 0 Å². The smallest absolute Gasteiger partial charge is 0.325 e. The summed E-state index contributed by atoms with van der Waals surface area (Å²) in [7, 11) is 0. The molecule has 9 heteroatoms. The number of hydrogen-bond acceptors (Lipinski definition) is 7. The van der Waals surface area contributed by atoms with E-state index in [9.17, 15) is 29.4 Å². The van der Waals surface area contributed by atoms with E-state index in [0.717, 1.165) is 10.3 Å². The third-order valence-corrected chi connectivity index (χ3v) is 7.74. The number of rotatable bonds is 6. The number of nitrogens with zero attached hydrogens (tertiary/aromatic N) is 1. The number of furan rings is 1. The van der Waals surface area contributed by atoms with Crippen LogP contribution in [-0.4, -0.2) is 39.3 Å². The molecular formula is C30H24N2O7. The number of nitrogens with one attached hydrogen (secondary N) is 1. The Balaban J connectivity index is 1.49. The Labute approximate surface area is 222 Å². The van der Waals surface area contributed by atoms with Gasteiger partial charge in [0.2, 0.25) is 11.8 Å². The van der Waals surface area contributed by atoms with E-state index in [4.69, 9.17) is 4.42 Å². The third kappa shape index (κ3) is 3.81. The Morgan fingerprint density at radius 1 is 0.974 bits per heavy atom. The number of carboxylic acid groups (broad SMARTS) is 1. The highest BCUT2D eigenvalue weighted by Crippen LogP contribution is 2.51. The van der Waals surface area contributed by atoms with Gasteiger partial charge in [0.15, 0.2) is 5.78 Å². The topological polar surface area (TPSA) is 137 Å². The molecule has 4 aromatic rings. The number of para-hydroxylation sites is 1. The summed E-state index contributed by atoms with van der Waals surface area (Å²) in [6, 6.07) is 20.3. The molecule has 0 aliphatic carbocycles. The Bertz CT molecular complexity index is 1610. The number of aliphatic carboxylic acids is 1. The number of phenolic OH excluding ortho intramolecular Hbond substituents is 1. The van der Waals surface area contributed by atoms with Gasteiger partial charge in [-0.15, -0.1) is 0 Å². The van der Waals surface area contributed by atoms with E-state index in [1.807, 2.05) is 18.2 Å². The second-order valence-corrected chi connectivity index (χ2v) is 10.0. The number of benzene rings is 3. The fraction of sp³-hybridized carbons (Fsp3) is 0.200. The summed E-state index contributed by atoms with van der Waals surface area (Å²) < 4.78 is 6.06. The molecule has 2 aliphatic heterocycles. The molecule has 2 aliphatic rings. The molecule has 0 saturated carbocycles. The predicted molar refractivity (Wildman–Crippen MR) is 140 cm³/mol. The summed E-state index contributed by atoms with van der Waals surface area (Å²) in [6.07, 6.45) is -0.114. The molecule has 1 aromatic heterocycles. The fourth-order valence-corrected chi connectivity index (χ4v) is 5.87. The van der Waals surface area contributed by atoms with Crippen LogP contribution < -0.4 is 10.2 Å². The number of aromatic hydroxyl groups is 1. The number of hydrogen-bond donors (Lipinski definition) is 3. The van der Waals surface area contributed by atoms with Gasteiger partial charge in [-0.05, 0) is 61.0 Å². The van der Waals surface area contributed by atoms with Gasteiger partial charge in [0.05, 0.1) is 23.6 Å². The molecule has 0 bridgehead atoms. The minimum Gasteiger partial charge on any atom is -0.508 e. The minimum atomic E-state index is -1.84. The summed E-state index contributed by atoms with van der Waals surface area (Å²) in [5.74, 6) is -4.56. The van der Waals surface area contributed by atoms with E-state index >= 15 is 0 Å². The number of amides is 2. The van der Waals surface area contributed by atoms with Crippen LogP contribution in [0, 0.1) is 11.8 Å². The SMILES string of the molecule is CC(=O)c1ccc(N2C(=O)C3C(c4cc5ccccc5o4)NC(Cc4ccc(O)cc4)(C(=O)O)C3C2=O)cc1. The molecule has 3 aromatic carbocycles. The van der Waals surface area contributed by atoms with E-state index < -0.39 is 41.2 Å². The molecule has 3 heterocycles. The van der Waals surface area contributed by atoms with Crippen molar-refractivity contribution in [2.24, 2.45) is 11.8 Å². The van der Waals surface area contributed by atoms with Crippen molar-refractivity contribution < 1.29 is 33.8 Å². The highest BCUT2D eigenvalue weighted by atomic mass is 16.4. The number of imide groups is 1. The van der Waals surface area contributed by atoms with Gasteiger partial charge >= 0.3 is 5.97 Å². The van der Waals surface area contributed by atoms with Gasteiger partial charge in [-0.1, -0.05) is 30.3 Å². The second-order valence-electron chi connectivity index (χ2n) is 10.0. The summed E-state index contributed by atoms with van der Waals surface area (Å²) in [4.78, 5) is 53.8. The molecular weight excluding hydrogens is 500 g/mol. The van der Waals surface area contributed by atoms with Gasteiger partial charge in [-0.3, -0.25) is 24.5 Å². The van der Waals surface area contributed by atoms with Crippen molar-refractivity contribution in [3.8, 4) is 5.75 Å². The van der Waals surface area contributed by atoms with Crippen LogP contribution in [0.25, 0.3) is 11.0 Å². The van der Waals surface area contributed by atoms with Crippen molar-refractivity contribution in [2.45, 2.75) is 24.9 Å². The number of carbonyl (C=O) groups excluding carboxylic acids is 3. The molecule has 2 amide bonds. The van der Waals surface area contributed by atoms with Crippen molar-refractivity contribution in [3.05, 3.63) is 95.7 Å². The van der Waals surface area contributed by atoms with Crippen LogP contribution in [0.5, 0.6) is 5.75 Å². The average molecular weight is 525 g/mol. The number of Topliss-reactive ketones (excluding diaryl/α,β-unsaturated/α-hetero) is 1. The van der Waals surface area contributed by atoms with Crippen LogP contribution in [0.15, 0.2) is 83.3 Å². The zero-order valence-corrected chi connectivity index (χ0v) is 20.8. The van der Waals surface area contributed by atoms with Gasteiger partial charge < -0.3 is 14.6 Å². The molecule has 196 valence electrons. The molecule has 3 N–H and O–H groups in total. The lowest BCUT2D eigenvalue weighted by Gasteiger charge is -2.31. The van der Waals surface area contributed by atoms with E-state index in [-0.39, 0.29) is 23.6 Å². The molecule has 2 fully saturated rings. The maximum Gasteiger partial charge on any atom is 0.325 e. The van der Waals surface area contributed by atoms with Gasteiger partial charge in [0, 0.05) is 17.4 Å². The summed E-state index contributed by atoms with van der Waals surface area (Å²) >= 11 is 0. The molecule has 2 saturated heterocycles. The van der Waals surface area contributed by atoms with E-state index in [1.54, 1.807) is 24.3 Å². The van der Waals surface area contributed by atoms with Crippen molar-refractivity contribution in [2.75, 3.05) is 4.90 Å². The highest BCUT2D eigenvalue weighted by molar-refractivity contribution is 6.24. The lowest BCUT2D eigenvalue weighted by atomic mass is 9.76. The van der Waals surface area contributed by atoms with E-state index in [2.05, 4.69) is 5.32 Å². The van der Waals surface area contributed by atoms with Gasteiger partial charge in [-0.2, -0.15) is 0 Å². The molecule has 39 heavy (non-hydrogen) atoms. The second kappa shape index (κ2) is 8.92. The lowest BCUT2D eigenvalue weighted by molar-refractivity contribution is -0.148. The number of carboxylic acids is 1. The number of fused-ring (bicyclic) bond motifs is 2. The Hall–Kier alpha value is -4.76. The quantitative estimate of drug-likeness (QED) is 0.256. The number of carbonyl (C=O) groups is 4. The van der Waals surface area contributed by atoms with Crippen molar-refractivity contribution in [3.63, 3.8) is 0 Å². The summed E-state index contributed by atoms with van der Waals surface area (Å²) in [6.45, 7) is 1.42. The zero-order chi connectivity index (χ0) is 27.5. The van der Waals surface area contributed by atoms with Crippen molar-refractivity contribution >= 4 is 40.2 Å². The molecule has 6 rings (SSSR count). The molecule has 9 nitrogen and oxygen atoms in total. The average Bonchev–Trinajstić information content (AvgIpc) is 3.57. The Kier molecular flexibility index (Phi) is 5.62. The van der Waals surface area contributed by atoms with E-state index in [1.165, 1.54) is 43.3 Å². The van der Waals surface area contributed by atoms with Crippen LogP contribution in [0.2, 0.25) is 0 Å². The van der Waals surface area contributed by atoms with Crippen LogP contribution in [0.1, 0.15) is 34.6 Å². The fourth-order valence-electron chi connectivity index (χ4n) is 5.87. The molecule has 0 radical (unpaired) electrons. The van der Waals surface area contributed by atoms with Crippen LogP contribution in [-0.2, 0) is 20.8 Å². The summed E-state index contributed by atoms with van der Waals surface area (Å²) in [5.41, 5.74) is -0.0165. The summed E-state index contributed by atoms with van der Waals surface area (Å²) in [5, 5.41) is 24.3. The minimum absolute atomic E-state index is 0.0211. The van der Waals surface area contributed by atoms with Crippen molar-refractivity contribution in [1.29, 1.82) is 0 Å². The number of anilines is 1. The first-order valence-electron chi connectivity index (χ1n) is 12.5. The van der Waals surface area contributed by atoms with Gasteiger partial charge in [-0.25, -0.2) is 4.90 Å². The number of phenols is 1. The largest absolute Gasteiger partial charge is 0.508 e. The first kappa shape index (κ1) is 24.6. The maximum absolute atomic E-state index is 14.0. The van der Waals surface area contributed by atoms with Crippen LogP contribution in [0.3, 0.4) is 0 Å². The van der Waals surface area contributed by atoms with Crippen LogP contribution >= 0.6 is 0 Å². The first-order valence-corrected chi connectivity index (χ1v) is 12.5. The first-order chi connectivity index (χ1) is 18.7. The Morgan fingerprint density at radius 3 is 2.31 bits per heavy atom. The monoisotopic (exact) mass is 524 g/mol. The number of ketones is 1.